The molecule has 0 saturated carbocycles. The molecule has 25 heavy (non-hydrogen) atoms. The highest BCUT2D eigenvalue weighted by Gasteiger charge is 2.12. The van der Waals surface area contributed by atoms with E-state index in [-0.39, 0.29) is 5.91 Å². The van der Waals surface area contributed by atoms with Crippen molar-refractivity contribution in [3.63, 3.8) is 0 Å². The fourth-order valence-corrected chi connectivity index (χ4v) is 2.69. The standard InChI is InChI=1S/C19H25ClN4O/c1-4-5-11-24(3)18-13-17(22-14(2)23-18)19(25)21-10-9-15-7-6-8-16(20)12-15/h6-8,12-13H,4-5,9-11H2,1-3H3,(H,21,25). The molecule has 1 aromatic heterocycles. The van der Waals surface area contributed by atoms with Gasteiger partial charge in [-0.25, -0.2) is 9.97 Å². The Labute approximate surface area is 154 Å². The Bertz CT molecular complexity index is 720. The van der Waals surface area contributed by atoms with E-state index in [0.717, 1.165) is 37.2 Å². The molecule has 2 rings (SSSR count). The third-order valence-electron chi connectivity index (χ3n) is 3.88. The zero-order valence-electron chi connectivity index (χ0n) is 15.1. The van der Waals surface area contributed by atoms with Crippen molar-refractivity contribution in [2.24, 2.45) is 0 Å². The molecule has 0 fully saturated rings. The maximum atomic E-state index is 12.4. The zero-order chi connectivity index (χ0) is 18.2. The molecular formula is C19H25ClN4O. The molecule has 134 valence electrons. The van der Waals surface area contributed by atoms with Crippen molar-refractivity contribution in [2.45, 2.75) is 33.1 Å². The molecule has 1 heterocycles. The van der Waals surface area contributed by atoms with Gasteiger partial charge in [0.05, 0.1) is 0 Å². The van der Waals surface area contributed by atoms with Crippen molar-refractivity contribution in [1.29, 1.82) is 0 Å². The quantitative estimate of drug-likeness (QED) is 0.780. The lowest BCUT2D eigenvalue weighted by atomic mass is 10.1. The van der Waals surface area contributed by atoms with Gasteiger partial charge in [-0.3, -0.25) is 4.79 Å². The molecule has 0 radical (unpaired) electrons. The molecule has 2 aromatic rings. The normalized spacial score (nSPS) is 10.6. The summed E-state index contributed by atoms with van der Waals surface area (Å²) < 4.78 is 0. The molecule has 1 aromatic carbocycles. The van der Waals surface area contributed by atoms with Crippen LogP contribution in [0.4, 0.5) is 5.82 Å². The molecule has 0 atom stereocenters. The topological polar surface area (TPSA) is 58.1 Å². The molecule has 1 amide bonds. The van der Waals surface area contributed by atoms with Crippen LogP contribution in [-0.2, 0) is 6.42 Å². The first-order chi connectivity index (χ1) is 12.0. The summed E-state index contributed by atoms with van der Waals surface area (Å²) in [4.78, 5) is 23.1. The lowest BCUT2D eigenvalue weighted by Crippen LogP contribution is -2.28. The highest BCUT2D eigenvalue weighted by molar-refractivity contribution is 6.30. The summed E-state index contributed by atoms with van der Waals surface area (Å²) in [6, 6.07) is 9.39. The minimum atomic E-state index is -0.183. The number of hydrogen-bond donors (Lipinski definition) is 1. The molecule has 0 spiro atoms. The van der Waals surface area contributed by atoms with Crippen molar-refractivity contribution in [3.05, 3.63) is 52.4 Å². The average Bonchev–Trinajstić information content (AvgIpc) is 2.59. The Kier molecular flexibility index (Phi) is 7.19. The Morgan fingerprint density at radius 3 is 2.80 bits per heavy atom. The van der Waals surface area contributed by atoms with Gasteiger partial charge in [0.15, 0.2) is 0 Å². The van der Waals surface area contributed by atoms with E-state index in [1.807, 2.05) is 31.3 Å². The van der Waals surface area contributed by atoms with Gasteiger partial charge in [-0.15, -0.1) is 0 Å². The molecule has 0 aliphatic rings. The van der Waals surface area contributed by atoms with Crippen LogP contribution in [0.5, 0.6) is 0 Å². The lowest BCUT2D eigenvalue weighted by Gasteiger charge is -2.18. The predicted octanol–water partition coefficient (Wildman–Crippen LogP) is 3.65. The number of aromatic nitrogens is 2. The number of halogens is 1. The Morgan fingerprint density at radius 1 is 1.28 bits per heavy atom. The molecule has 1 N–H and O–H groups in total. The number of amides is 1. The first kappa shape index (κ1) is 19.2. The number of unbranched alkanes of at least 4 members (excludes halogenated alkanes) is 1. The SMILES string of the molecule is CCCCN(C)c1cc(C(=O)NCCc2cccc(Cl)c2)nc(C)n1. The van der Waals surface area contributed by atoms with Crippen molar-refractivity contribution in [2.75, 3.05) is 25.0 Å². The summed E-state index contributed by atoms with van der Waals surface area (Å²) >= 11 is 5.97. The van der Waals surface area contributed by atoms with Crippen molar-refractivity contribution in [3.8, 4) is 0 Å². The molecular weight excluding hydrogens is 336 g/mol. The van der Waals surface area contributed by atoms with Crippen molar-refractivity contribution >= 4 is 23.3 Å². The number of carbonyl (C=O) groups excluding carboxylic acids is 1. The molecule has 0 bridgehead atoms. The highest BCUT2D eigenvalue weighted by Crippen LogP contribution is 2.13. The summed E-state index contributed by atoms with van der Waals surface area (Å²) in [6.45, 7) is 5.39. The van der Waals surface area contributed by atoms with Crippen LogP contribution in [0.1, 0.15) is 41.6 Å². The fraction of sp³-hybridized carbons (Fsp3) is 0.421. The highest BCUT2D eigenvalue weighted by atomic mass is 35.5. The number of nitrogens with zero attached hydrogens (tertiary/aromatic N) is 3. The monoisotopic (exact) mass is 360 g/mol. The van der Waals surface area contributed by atoms with E-state index in [1.54, 1.807) is 13.0 Å². The molecule has 0 aliphatic carbocycles. The maximum Gasteiger partial charge on any atom is 0.270 e. The zero-order valence-corrected chi connectivity index (χ0v) is 15.8. The predicted molar refractivity (Wildman–Crippen MR) is 102 cm³/mol. The first-order valence-electron chi connectivity index (χ1n) is 8.59. The van der Waals surface area contributed by atoms with E-state index >= 15 is 0 Å². The minimum absolute atomic E-state index is 0.183. The van der Waals surface area contributed by atoms with Crippen LogP contribution >= 0.6 is 11.6 Å². The Balaban J connectivity index is 1.97. The summed E-state index contributed by atoms with van der Waals surface area (Å²) in [7, 11) is 1.98. The Hall–Kier alpha value is -2.14. The number of hydrogen-bond acceptors (Lipinski definition) is 4. The van der Waals surface area contributed by atoms with Gasteiger partial charge in [0.25, 0.3) is 5.91 Å². The van der Waals surface area contributed by atoms with Crippen LogP contribution in [0.2, 0.25) is 5.02 Å². The van der Waals surface area contributed by atoms with Crippen LogP contribution in [0.25, 0.3) is 0 Å². The second-order valence-corrected chi connectivity index (χ2v) is 6.51. The van der Waals surface area contributed by atoms with Crippen LogP contribution in [-0.4, -0.2) is 36.0 Å². The second-order valence-electron chi connectivity index (χ2n) is 6.07. The largest absolute Gasteiger partial charge is 0.360 e. The molecule has 0 aliphatic heterocycles. The summed E-state index contributed by atoms with van der Waals surface area (Å²) in [6.07, 6.45) is 2.92. The van der Waals surface area contributed by atoms with E-state index in [9.17, 15) is 4.79 Å². The van der Waals surface area contributed by atoms with Crippen molar-refractivity contribution in [1.82, 2.24) is 15.3 Å². The summed E-state index contributed by atoms with van der Waals surface area (Å²) in [5.74, 6) is 1.19. The fourth-order valence-electron chi connectivity index (χ4n) is 2.48. The van der Waals surface area contributed by atoms with Crippen LogP contribution < -0.4 is 10.2 Å². The smallest absolute Gasteiger partial charge is 0.270 e. The van der Waals surface area contributed by atoms with Crippen LogP contribution in [0, 0.1) is 6.92 Å². The summed E-state index contributed by atoms with van der Waals surface area (Å²) in [5.41, 5.74) is 1.49. The van der Waals surface area contributed by atoms with E-state index in [0.29, 0.717) is 23.1 Å². The number of carbonyl (C=O) groups is 1. The van der Waals surface area contributed by atoms with E-state index in [2.05, 4.69) is 27.1 Å². The van der Waals surface area contributed by atoms with Gasteiger partial charge in [0, 0.05) is 31.2 Å². The Morgan fingerprint density at radius 2 is 2.08 bits per heavy atom. The number of nitrogens with one attached hydrogen (secondary N) is 1. The van der Waals surface area contributed by atoms with Gasteiger partial charge in [0.2, 0.25) is 0 Å². The molecule has 0 saturated heterocycles. The summed E-state index contributed by atoms with van der Waals surface area (Å²) in [5, 5.41) is 3.62. The molecule has 5 nitrogen and oxygen atoms in total. The maximum absolute atomic E-state index is 12.4. The molecule has 0 unspecified atom stereocenters. The van der Waals surface area contributed by atoms with Crippen LogP contribution in [0.15, 0.2) is 30.3 Å². The van der Waals surface area contributed by atoms with Gasteiger partial charge in [-0.05, 0) is 37.5 Å². The minimum Gasteiger partial charge on any atom is -0.360 e. The number of benzene rings is 1. The number of rotatable bonds is 8. The first-order valence-corrected chi connectivity index (χ1v) is 8.97. The van der Waals surface area contributed by atoms with E-state index in [4.69, 9.17) is 11.6 Å². The molecule has 6 heteroatoms. The second kappa shape index (κ2) is 9.37. The lowest BCUT2D eigenvalue weighted by molar-refractivity contribution is 0.0949. The van der Waals surface area contributed by atoms with Gasteiger partial charge in [-0.2, -0.15) is 0 Å². The van der Waals surface area contributed by atoms with Gasteiger partial charge in [0.1, 0.15) is 17.3 Å². The van der Waals surface area contributed by atoms with E-state index < -0.39 is 0 Å². The van der Waals surface area contributed by atoms with Crippen molar-refractivity contribution < 1.29 is 4.79 Å². The van der Waals surface area contributed by atoms with Gasteiger partial charge >= 0.3 is 0 Å². The number of aryl methyl sites for hydroxylation is 1. The third kappa shape index (κ3) is 6.02. The van der Waals surface area contributed by atoms with Gasteiger partial charge < -0.3 is 10.2 Å². The van der Waals surface area contributed by atoms with Crippen LogP contribution in [0.3, 0.4) is 0 Å². The van der Waals surface area contributed by atoms with Gasteiger partial charge in [-0.1, -0.05) is 37.1 Å². The number of anilines is 1. The average molecular weight is 361 g/mol. The van der Waals surface area contributed by atoms with E-state index in [1.165, 1.54) is 0 Å². The third-order valence-corrected chi connectivity index (χ3v) is 4.12.